The lowest BCUT2D eigenvalue weighted by Gasteiger charge is -2.11. The summed E-state index contributed by atoms with van der Waals surface area (Å²) in [6, 6.07) is 16.6. The number of hydrogen-bond acceptors (Lipinski definition) is 7. The van der Waals surface area contributed by atoms with Crippen molar-refractivity contribution in [1.82, 2.24) is 5.43 Å². The van der Waals surface area contributed by atoms with Crippen LogP contribution in [0.15, 0.2) is 70.2 Å². The highest BCUT2D eigenvalue weighted by Gasteiger charge is 2.17. The van der Waals surface area contributed by atoms with Gasteiger partial charge in [-0.1, -0.05) is 28.1 Å². The molecule has 0 saturated carbocycles. The van der Waals surface area contributed by atoms with E-state index in [1.165, 1.54) is 26.5 Å². The van der Waals surface area contributed by atoms with Crippen LogP contribution in [0.3, 0.4) is 0 Å². The molecular weight excluding hydrogens is 518 g/mol. The molecule has 0 radical (unpaired) electrons. The first kappa shape index (κ1) is 25.4. The fraction of sp³-hybridized carbons (Fsp3) is 0.120. The first-order valence-corrected chi connectivity index (χ1v) is 11.1. The van der Waals surface area contributed by atoms with Gasteiger partial charge in [0.15, 0.2) is 11.5 Å². The number of rotatable bonds is 7. The molecule has 0 aromatic heterocycles. The van der Waals surface area contributed by atoms with Crippen LogP contribution in [-0.4, -0.2) is 38.2 Å². The van der Waals surface area contributed by atoms with Crippen molar-refractivity contribution < 1.29 is 28.6 Å². The molecule has 35 heavy (non-hydrogen) atoms. The number of carbonyl (C=O) groups excluding carboxylic acids is 3. The van der Waals surface area contributed by atoms with Crippen molar-refractivity contribution in [3.63, 3.8) is 0 Å². The van der Waals surface area contributed by atoms with Crippen LogP contribution < -0.4 is 25.0 Å². The van der Waals surface area contributed by atoms with Crippen molar-refractivity contribution in [1.29, 1.82) is 0 Å². The maximum atomic E-state index is 12.6. The number of methoxy groups -OCH3 is 2. The van der Waals surface area contributed by atoms with Crippen LogP contribution in [0.2, 0.25) is 0 Å². The number of benzene rings is 3. The number of carbonyl (C=O) groups is 3. The van der Waals surface area contributed by atoms with Gasteiger partial charge in [0.2, 0.25) is 0 Å². The Bertz CT molecular complexity index is 1290. The highest BCUT2D eigenvalue weighted by atomic mass is 79.9. The van der Waals surface area contributed by atoms with Gasteiger partial charge in [0, 0.05) is 10.2 Å². The summed E-state index contributed by atoms with van der Waals surface area (Å²) >= 11 is 3.34. The third-order valence-electron chi connectivity index (χ3n) is 4.74. The Balaban J connectivity index is 1.63. The van der Waals surface area contributed by atoms with E-state index in [9.17, 15) is 14.4 Å². The number of nitrogens with zero attached hydrogens (tertiary/aromatic N) is 1. The lowest BCUT2D eigenvalue weighted by molar-refractivity contribution is -0.136. The molecular formula is C25H22BrN3O6. The molecule has 9 nitrogen and oxygen atoms in total. The highest BCUT2D eigenvalue weighted by molar-refractivity contribution is 9.10. The number of aryl methyl sites for hydroxylation is 1. The summed E-state index contributed by atoms with van der Waals surface area (Å²) in [5.41, 5.74) is 4.27. The van der Waals surface area contributed by atoms with Crippen LogP contribution >= 0.6 is 15.9 Å². The van der Waals surface area contributed by atoms with Crippen molar-refractivity contribution in [3.05, 3.63) is 81.8 Å². The van der Waals surface area contributed by atoms with E-state index < -0.39 is 17.8 Å². The second-order valence-corrected chi connectivity index (χ2v) is 8.03. The van der Waals surface area contributed by atoms with Gasteiger partial charge in [0.1, 0.15) is 11.3 Å². The summed E-state index contributed by atoms with van der Waals surface area (Å²) < 4.78 is 16.8. The zero-order valence-corrected chi connectivity index (χ0v) is 20.7. The highest BCUT2D eigenvalue weighted by Crippen LogP contribution is 2.29. The maximum absolute atomic E-state index is 12.6. The zero-order valence-electron chi connectivity index (χ0n) is 19.1. The Kier molecular flexibility index (Phi) is 8.58. The van der Waals surface area contributed by atoms with Crippen molar-refractivity contribution in [3.8, 4) is 17.2 Å². The Morgan fingerprint density at radius 2 is 1.63 bits per heavy atom. The molecule has 0 unspecified atom stereocenters. The molecule has 3 rings (SSSR count). The standard InChI is InChI=1S/C25H22BrN3O6/c1-15-12-17(26)9-10-19(15)28-23(30)24(31)29-27-14-16-8-11-21(22(13-16)34-3)35-25(32)18-6-4-5-7-20(18)33-2/h4-14H,1-3H3,(H,28,30)(H,29,31)/b27-14+. The number of para-hydroxylation sites is 1. The summed E-state index contributed by atoms with van der Waals surface area (Å²) in [4.78, 5) is 36.7. The molecule has 0 aliphatic rings. The maximum Gasteiger partial charge on any atom is 0.347 e. The van der Waals surface area contributed by atoms with E-state index in [2.05, 4.69) is 31.8 Å². The number of hydrazone groups is 1. The van der Waals surface area contributed by atoms with Gasteiger partial charge < -0.3 is 19.5 Å². The molecule has 0 bridgehead atoms. The number of nitrogens with one attached hydrogen (secondary N) is 2. The van der Waals surface area contributed by atoms with Crippen LogP contribution in [-0.2, 0) is 9.59 Å². The van der Waals surface area contributed by atoms with E-state index in [1.807, 2.05) is 6.07 Å². The lowest BCUT2D eigenvalue weighted by Crippen LogP contribution is -2.32. The van der Waals surface area contributed by atoms with Crippen LogP contribution in [0.25, 0.3) is 0 Å². The lowest BCUT2D eigenvalue weighted by atomic mass is 10.2. The molecule has 2 amide bonds. The van der Waals surface area contributed by atoms with Gasteiger partial charge in [0.05, 0.1) is 20.4 Å². The summed E-state index contributed by atoms with van der Waals surface area (Å²) in [5, 5.41) is 6.33. The summed E-state index contributed by atoms with van der Waals surface area (Å²) in [6.45, 7) is 1.81. The summed E-state index contributed by atoms with van der Waals surface area (Å²) in [5.74, 6) is -1.56. The average molecular weight is 540 g/mol. The number of anilines is 1. The molecule has 0 aliphatic heterocycles. The third kappa shape index (κ3) is 6.67. The number of ether oxygens (including phenoxy) is 3. The van der Waals surface area contributed by atoms with Crippen LogP contribution in [0.1, 0.15) is 21.5 Å². The minimum Gasteiger partial charge on any atom is -0.496 e. The molecule has 2 N–H and O–H groups in total. The molecule has 0 fully saturated rings. The minimum atomic E-state index is -0.933. The predicted molar refractivity (Wildman–Crippen MR) is 134 cm³/mol. The van der Waals surface area contributed by atoms with Gasteiger partial charge in [-0.3, -0.25) is 9.59 Å². The van der Waals surface area contributed by atoms with Crippen LogP contribution in [0.4, 0.5) is 5.69 Å². The van der Waals surface area contributed by atoms with Crippen molar-refractivity contribution in [2.75, 3.05) is 19.5 Å². The van der Waals surface area contributed by atoms with Crippen molar-refractivity contribution in [2.45, 2.75) is 6.92 Å². The molecule has 3 aromatic carbocycles. The van der Waals surface area contributed by atoms with Gasteiger partial charge in [-0.05, 0) is 66.6 Å². The first-order chi connectivity index (χ1) is 16.8. The molecule has 0 saturated heterocycles. The van der Waals surface area contributed by atoms with Gasteiger partial charge in [-0.15, -0.1) is 0 Å². The smallest absolute Gasteiger partial charge is 0.347 e. The topological polar surface area (TPSA) is 115 Å². The molecule has 0 heterocycles. The van der Waals surface area contributed by atoms with Crippen molar-refractivity contribution >= 4 is 45.6 Å². The minimum absolute atomic E-state index is 0.189. The Hall–Kier alpha value is -4.18. The molecule has 0 spiro atoms. The van der Waals surface area contributed by atoms with Crippen molar-refractivity contribution in [2.24, 2.45) is 5.10 Å². The van der Waals surface area contributed by atoms with Crippen LogP contribution in [0.5, 0.6) is 17.2 Å². The Morgan fingerprint density at radius 1 is 0.886 bits per heavy atom. The van der Waals surface area contributed by atoms with Crippen LogP contribution in [0, 0.1) is 6.92 Å². The summed E-state index contributed by atoms with van der Waals surface area (Å²) in [6.07, 6.45) is 1.32. The van der Waals surface area contributed by atoms with E-state index in [0.29, 0.717) is 17.0 Å². The Labute approximate surface area is 210 Å². The van der Waals surface area contributed by atoms with Gasteiger partial charge in [-0.2, -0.15) is 5.10 Å². The Morgan fingerprint density at radius 3 is 2.34 bits per heavy atom. The molecule has 3 aromatic rings. The summed E-state index contributed by atoms with van der Waals surface area (Å²) in [7, 11) is 2.89. The second-order valence-electron chi connectivity index (χ2n) is 7.11. The SMILES string of the molecule is COc1cc(/C=N/NC(=O)C(=O)Nc2ccc(Br)cc2C)ccc1OC(=O)c1ccccc1OC. The quantitative estimate of drug-likeness (QED) is 0.154. The number of hydrogen-bond donors (Lipinski definition) is 2. The number of halogens is 1. The molecule has 0 atom stereocenters. The predicted octanol–water partition coefficient (Wildman–Crippen LogP) is 4.08. The normalized spacial score (nSPS) is 10.5. The first-order valence-electron chi connectivity index (χ1n) is 10.3. The molecule has 180 valence electrons. The zero-order chi connectivity index (χ0) is 25.4. The van der Waals surface area contributed by atoms with Gasteiger partial charge in [-0.25, -0.2) is 10.2 Å². The van der Waals surface area contributed by atoms with E-state index in [1.54, 1.807) is 55.5 Å². The van der Waals surface area contributed by atoms with Gasteiger partial charge in [0.25, 0.3) is 0 Å². The average Bonchev–Trinajstić information content (AvgIpc) is 2.86. The number of esters is 1. The second kappa shape index (κ2) is 11.8. The fourth-order valence-corrected chi connectivity index (χ4v) is 3.46. The monoisotopic (exact) mass is 539 g/mol. The third-order valence-corrected chi connectivity index (χ3v) is 5.23. The molecule has 10 heteroatoms. The van der Waals surface area contributed by atoms with E-state index in [4.69, 9.17) is 14.2 Å². The van der Waals surface area contributed by atoms with E-state index in [-0.39, 0.29) is 17.1 Å². The molecule has 0 aliphatic carbocycles. The van der Waals surface area contributed by atoms with E-state index in [0.717, 1.165) is 10.0 Å². The fourth-order valence-electron chi connectivity index (χ4n) is 2.98. The number of amides is 2. The largest absolute Gasteiger partial charge is 0.496 e. The van der Waals surface area contributed by atoms with Gasteiger partial charge >= 0.3 is 17.8 Å². The van der Waals surface area contributed by atoms with E-state index >= 15 is 0 Å².